The van der Waals surface area contributed by atoms with Gasteiger partial charge in [-0.2, -0.15) is 0 Å². The number of ether oxygens (including phenoxy) is 1. The number of aromatic nitrogens is 1. The number of benzene rings is 1. The van der Waals surface area contributed by atoms with Gasteiger partial charge in [0.05, 0.1) is 17.8 Å². The first-order chi connectivity index (χ1) is 10.9. The summed E-state index contributed by atoms with van der Waals surface area (Å²) in [6.45, 7) is 7.12. The summed E-state index contributed by atoms with van der Waals surface area (Å²) in [6.07, 6.45) is 0.797. The van der Waals surface area contributed by atoms with Crippen molar-refractivity contribution >= 4 is 23.0 Å². The van der Waals surface area contributed by atoms with Crippen molar-refractivity contribution < 1.29 is 4.74 Å². The van der Waals surface area contributed by atoms with Crippen LogP contribution in [-0.2, 0) is 11.8 Å². The van der Waals surface area contributed by atoms with E-state index in [1.54, 1.807) is 18.4 Å². The standard InChI is InChI=1S/C17H24N4OS/c1-17(2,3)14-11-23-15(21-14)9-10-19-16(18)20-12-5-7-13(22-4)8-6-12/h5-8,11H,9-10H2,1-4H3,(H3,18,19,20). The second-order valence-electron chi connectivity index (χ2n) is 6.25. The minimum absolute atomic E-state index is 0.0902. The van der Waals surface area contributed by atoms with Gasteiger partial charge in [0.25, 0.3) is 0 Å². The van der Waals surface area contributed by atoms with Crippen LogP contribution < -0.4 is 15.8 Å². The van der Waals surface area contributed by atoms with Gasteiger partial charge in [-0.25, -0.2) is 4.98 Å². The molecule has 0 aliphatic rings. The molecule has 1 aromatic carbocycles. The molecule has 0 spiro atoms. The van der Waals surface area contributed by atoms with Gasteiger partial charge in [-0.1, -0.05) is 20.8 Å². The second kappa shape index (κ2) is 7.46. The van der Waals surface area contributed by atoms with E-state index in [4.69, 9.17) is 10.5 Å². The molecule has 2 aromatic rings. The highest BCUT2D eigenvalue weighted by Crippen LogP contribution is 2.24. The SMILES string of the molecule is COc1ccc(NC(N)=NCCc2nc(C(C)(C)C)cs2)cc1. The fraction of sp³-hybridized carbons (Fsp3) is 0.412. The molecule has 0 aliphatic carbocycles. The number of hydrogen-bond donors (Lipinski definition) is 2. The Labute approximate surface area is 141 Å². The Kier molecular flexibility index (Phi) is 5.60. The molecular formula is C17H24N4OS. The van der Waals surface area contributed by atoms with E-state index in [1.807, 2.05) is 24.3 Å². The lowest BCUT2D eigenvalue weighted by Crippen LogP contribution is -2.23. The molecular weight excluding hydrogens is 308 g/mol. The maximum Gasteiger partial charge on any atom is 0.193 e. The number of rotatable bonds is 5. The Morgan fingerprint density at radius 2 is 2.00 bits per heavy atom. The Bertz CT molecular complexity index is 656. The molecule has 0 atom stereocenters. The van der Waals surface area contributed by atoms with E-state index in [0.717, 1.165) is 28.6 Å². The predicted molar refractivity (Wildman–Crippen MR) is 97.6 cm³/mol. The van der Waals surface area contributed by atoms with Crippen molar-refractivity contribution in [3.63, 3.8) is 0 Å². The van der Waals surface area contributed by atoms with Crippen LogP contribution in [0.1, 0.15) is 31.5 Å². The second-order valence-corrected chi connectivity index (χ2v) is 7.19. The average molecular weight is 332 g/mol. The van der Waals surface area contributed by atoms with Crippen molar-refractivity contribution in [2.75, 3.05) is 19.0 Å². The fourth-order valence-electron chi connectivity index (χ4n) is 1.90. The molecule has 0 saturated carbocycles. The maximum atomic E-state index is 5.91. The number of nitrogens with two attached hydrogens (primary N) is 1. The Balaban J connectivity index is 1.85. The zero-order valence-electron chi connectivity index (χ0n) is 14.1. The number of aliphatic imine (C=N–C) groups is 1. The van der Waals surface area contributed by atoms with E-state index in [0.29, 0.717) is 12.5 Å². The number of nitrogens with one attached hydrogen (secondary N) is 1. The number of methoxy groups -OCH3 is 1. The number of thiazole rings is 1. The van der Waals surface area contributed by atoms with Crippen molar-refractivity contribution in [2.45, 2.75) is 32.6 Å². The van der Waals surface area contributed by atoms with Gasteiger partial charge in [-0.15, -0.1) is 11.3 Å². The molecule has 0 bridgehead atoms. The Morgan fingerprint density at radius 1 is 1.30 bits per heavy atom. The number of hydrogen-bond acceptors (Lipinski definition) is 4. The summed E-state index contributed by atoms with van der Waals surface area (Å²) in [5.41, 5.74) is 8.01. The van der Waals surface area contributed by atoms with Gasteiger partial charge in [0, 0.05) is 29.4 Å². The first-order valence-electron chi connectivity index (χ1n) is 7.54. The van der Waals surface area contributed by atoms with Crippen molar-refractivity contribution in [3.05, 3.63) is 40.3 Å². The molecule has 6 heteroatoms. The van der Waals surface area contributed by atoms with Crippen LogP contribution in [0.4, 0.5) is 5.69 Å². The minimum atomic E-state index is 0.0902. The topological polar surface area (TPSA) is 72.5 Å². The Morgan fingerprint density at radius 3 is 2.57 bits per heavy atom. The smallest absolute Gasteiger partial charge is 0.193 e. The van der Waals surface area contributed by atoms with Crippen molar-refractivity contribution in [2.24, 2.45) is 10.7 Å². The lowest BCUT2D eigenvalue weighted by atomic mass is 9.93. The molecule has 0 fully saturated rings. The summed E-state index contributed by atoms with van der Waals surface area (Å²) >= 11 is 1.68. The van der Waals surface area contributed by atoms with E-state index < -0.39 is 0 Å². The van der Waals surface area contributed by atoms with Crippen LogP contribution in [0.25, 0.3) is 0 Å². The summed E-state index contributed by atoms with van der Waals surface area (Å²) in [6, 6.07) is 7.55. The summed E-state index contributed by atoms with van der Waals surface area (Å²) < 4.78 is 5.12. The van der Waals surface area contributed by atoms with Gasteiger partial charge in [0.1, 0.15) is 5.75 Å². The number of anilines is 1. The van der Waals surface area contributed by atoms with Gasteiger partial charge in [-0.3, -0.25) is 4.99 Å². The average Bonchev–Trinajstić information content (AvgIpc) is 2.97. The lowest BCUT2D eigenvalue weighted by molar-refractivity contribution is 0.415. The molecule has 0 saturated heterocycles. The molecule has 2 rings (SSSR count). The van der Waals surface area contributed by atoms with Crippen LogP contribution in [0.3, 0.4) is 0 Å². The van der Waals surface area contributed by atoms with Crippen LogP contribution in [0.15, 0.2) is 34.6 Å². The molecule has 124 valence electrons. The van der Waals surface area contributed by atoms with E-state index in [-0.39, 0.29) is 5.41 Å². The largest absolute Gasteiger partial charge is 0.497 e. The number of guanidine groups is 1. The van der Waals surface area contributed by atoms with E-state index >= 15 is 0 Å². The van der Waals surface area contributed by atoms with Crippen molar-refractivity contribution in [1.29, 1.82) is 0 Å². The monoisotopic (exact) mass is 332 g/mol. The summed E-state index contributed by atoms with van der Waals surface area (Å²) in [7, 11) is 1.64. The van der Waals surface area contributed by atoms with Gasteiger partial charge in [-0.05, 0) is 24.3 Å². The highest BCUT2D eigenvalue weighted by molar-refractivity contribution is 7.09. The predicted octanol–water partition coefficient (Wildman–Crippen LogP) is 3.42. The normalized spacial score (nSPS) is 12.3. The third-order valence-electron chi connectivity index (χ3n) is 3.29. The van der Waals surface area contributed by atoms with Crippen LogP contribution in [-0.4, -0.2) is 24.6 Å². The van der Waals surface area contributed by atoms with Gasteiger partial charge in [0.15, 0.2) is 5.96 Å². The first kappa shape index (κ1) is 17.3. The summed E-state index contributed by atoms with van der Waals surface area (Å²) in [5, 5.41) is 6.28. The quantitative estimate of drug-likeness (QED) is 0.650. The molecule has 5 nitrogen and oxygen atoms in total. The molecule has 0 amide bonds. The van der Waals surface area contributed by atoms with Crippen LogP contribution >= 0.6 is 11.3 Å². The molecule has 1 aromatic heterocycles. The van der Waals surface area contributed by atoms with E-state index in [1.165, 1.54) is 0 Å². The van der Waals surface area contributed by atoms with Crippen molar-refractivity contribution in [3.8, 4) is 5.75 Å². The lowest BCUT2D eigenvalue weighted by Gasteiger charge is -2.14. The molecule has 1 heterocycles. The zero-order valence-corrected chi connectivity index (χ0v) is 14.9. The summed E-state index contributed by atoms with van der Waals surface area (Å²) in [5.74, 6) is 1.22. The molecule has 0 unspecified atom stereocenters. The minimum Gasteiger partial charge on any atom is -0.497 e. The number of nitrogens with zero attached hydrogens (tertiary/aromatic N) is 2. The highest BCUT2D eigenvalue weighted by atomic mass is 32.1. The van der Waals surface area contributed by atoms with Gasteiger partial charge >= 0.3 is 0 Å². The van der Waals surface area contributed by atoms with Gasteiger partial charge < -0.3 is 15.8 Å². The highest BCUT2D eigenvalue weighted by Gasteiger charge is 2.17. The fourth-order valence-corrected chi connectivity index (χ4v) is 2.92. The Hall–Kier alpha value is -2.08. The van der Waals surface area contributed by atoms with E-state index in [9.17, 15) is 0 Å². The van der Waals surface area contributed by atoms with Crippen molar-refractivity contribution in [1.82, 2.24) is 4.98 Å². The van der Waals surface area contributed by atoms with Gasteiger partial charge in [0.2, 0.25) is 0 Å². The molecule has 0 aliphatic heterocycles. The zero-order chi connectivity index (χ0) is 16.9. The third kappa shape index (κ3) is 5.25. The molecule has 23 heavy (non-hydrogen) atoms. The maximum absolute atomic E-state index is 5.91. The van der Waals surface area contributed by atoms with Crippen LogP contribution in [0, 0.1) is 0 Å². The van der Waals surface area contributed by atoms with Crippen LogP contribution in [0.5, 0.6) is 5.75 Å². The first-order valence-corrected chi connectivity index (χ1v) is 8.42. The third-order valence-corrected chi connectivity index (χ3v) is 4.20. The van der Waals surface area contributed by atoms with Crippen LogP contribution in [0.2, 0.25) is 0 Å². The van der Waals surface area contributed by atoms with E-state index in [2.05, 4.69) is 41.4 Å². The molecule has 3 N–H and O–H groups in total. The summed E-state index contributed by atoms with van der Waals surface area (Å²) in [4.78, 5) is 9.00. The molecule has 0 radical (unpaired) electrons.